The third-order valence-corrected chi connectivity index (χ3v) is 6.72. The predicted molar refractivity (Wildman–Crippen MR) is 95.9 cm³/mol. The Hall–Kier alpha value is -2.29. The SMILES string of the molecule is Cc1ccc(C(=O)N2CCN(C(=O)N(C)C)[C@H]3CS(=O)(=O)C[C@H]32)cc1O. The van der Waals surface area contributed by atoms with Crippen molar-refractivity contribution in [2.75, 3.05) is 38.7 Å². The smallest absolute Gasteiger partial charge is 0.319 e. The molecule has 0 aromatic heterocycles. The molecule has 1 N–H and O–H groups in total. The number of phenolic OH excluding ortho intramolecular Hbond substituents is 1. The molecule has 0 radical (unpaired) electrons. The van der Waals surface area contributed by atoms with Gasteiger partial charge in [-0.2, -0.15) is 0 Å². The lowest BCUT2D eigenvalue weighted by Gasteiger charge is -2.44. The van der Waals surface area contributed by atoms with Crippen molar-refractivity contribution in [3.8, 4) is 5.75 Å². The van der Waals surface area contributed by atoms with Crippen LogP contribution in [0.3, 0.4) is 0 Å². The van der Waals surface area contributed by atoms with Crippen molar-refractivity contribution in [1.29, 1.82) is 0 Å². The zero-order valence-corrected chi connectivity index (χ0v) is 15.9. The zero-order valence-electron chi connectivity index (χ0n) is 15.0. The zero-order chi connectivity index (χ0) is 19.2. The molecule has 0 saturated carbocycles. The molecule has 1 aromatic carbocycles. The highest BCUT2D eigenvalue weighted by atomic mass is 32.2. The van der Waals surface area contributed by atoms with Crippen molar-refractivity contribution in [2.24, 2.45) is 0 Å². The van der Waals surface area contributed by atoms with E-state index in [-0.39, 0.29) is 42.3 Å². The van der Waals surface area contributed by atoms with Crippen molar-refractivity contribution in [3.63, 3.8) is 0 Å². The third kappa shape index (κ3) is 3.23. The van der Waals surface area contributed by atoms with Crippen LogP contribution in [0.5, 0.6) is 5.75 Å². The van der Waals surface area contributed by atoms with Crippen LogP contribution in [0.4, 0.5) is 4.79 Å². The molecule has 9 heteroatoms. The minimum absolute atomic E-state index is 0.0212. The quantitative estimate of drug-likeness (QED) is 0.755. The maximum Gasteiger partial charge on any atom is 0.319 e. The number of rotatable bonds is 1. The van der Waals surface area contributed by atoms with E-state index in [1.807, 2.05) is 0 Å². The number of carbonyl (C=O) groups excluding carboxylic acids is 2. The van der Waals surface area contributed by atoms with Gasteiger partial charge in [-0.15, -0.1) is 0 Å². The first-order chi connectivity index (χ1) is 12.1. The minimum Gasteiger partial charge on any atom is -0.508 e. The van der Waals surface area contributed by atoms with Crippen molar-refractivity contribution in [3.05, 3.63) is 29.3 Å². The number of nitrogens with zero attached hydrogens (tertiary/aromatic N) is 3. The minimum atomic E-state index is -3.34. The van der Waals surface area contributed by atoms with E-state index in [4.69, 9.17) is 0 Å². The lowest BCUT2D eigenvalue weighted by atomic mass is 10.0. The van der Waals surface area contributed by atoms with Gasteiger partial charge >= 0.3 is 6.03 Å². The second-order valence-electron chi connectivity index (χ2n) is 7.08. The van der Waals surface area contributed by atoms with Gasteiger partial charge in [0.15, 0.2) is 9.84 Å². The van der Waals surface area contributed by atoms with E-state index in [2.05, 4.69) is 0 Å². The normalized spacial score (nSPS) is 24.3. The van der Waals surface area contributed by atoms with E-state index in [0.717, 1.165) is 0 Å². The molecule has 26 heavy (non-hydrogen) atoms. The highest BCUT2D eigenvalue weighted by Crippen LogP contribution is 2.29. The summed E-state index contributed by atoms with van der Waals surface area (Å²) in [6, 6.07) is 3.29. The Morgan fingerprint density at radius 1 is 1.12 bits per heavy atom. The Labute approximate surface area is 152 Å². The molecule has 2 aliphatic rings. The average molecular weight is 381 g/mol. The highest BCUT2D eigenvalue weighted by Gasteiger charge is 2.49. The van der Waals surface area contributed by atoms with Gasteiger partial charge in [-0.05, 0) is 24.6 Å². The fourth-order valence-electron chi connectivity index (χ4n) is 3.61. The van der Waals surface area contributed by atoms with E-state index in [9.17, 15) is 23.1 Å². The fraction of sp³-hybridized carbons (Fsp3) is 0.529. The Balaban J connectivity index is 1.91. The van der Waals surface area contributed by atoms with Crippen LogP contribution in [0.1, 0.15) is 15.9 Å². The molecule has 2 atom stereocenters. The van der Waals surface area contributed by atoms with Crippen molar-refractivity contribution in [2.45, 2.75) is 19.0 Å². The van der Waals surface area contributed by atoms with Crippen LogP contribution < -0.4 is 0 Å². The maximum absolute atomic E-state index is 12.9. The van der Waals surface area contributed by atoms with Crippen LogP contribution in [-0.4, -0.2) is 90.9 Å². The molecular formula is C17H23N3O5S. The summed E-state index contributed by atoms with van der Waals surface area (Å²) in [6.07, 6.45) is 0. The summed E-state index contributed by atoms with van der Waals surface area (Å²) >= 11 is 0. The standard InChI is InChI=1S/C17H23N3O5S/c1-11-4-5-12(8-15(11)21)16(22)19-6-7-20(17(23)18(2)3)14-10-26(24,25)9-13(14)19/h4-5,8,13-14,21H,6-7,9-10H2,1-3H3/t13-,14+/m1/s1. The second kappa shape index (κ2) is 6.46. The average Bonchev–Trinajstić information content (AvgIpc) is 2.89. The number of aromatic hydroxyl groups is 1. The van der Waals surface area contributed by atoms with E-state index in [1.54, 1.807) is 38.1 Å². The summed E-state index contributed by atoms with van der Waals surface area (Å²) < 4.78 is 24.4. The first-order valence-electron chi connectivity index (χ1n) is 8.39. The number of carbonyl (C=O) groups is 2. The number of hydrogen-bond acceptors (Lipinski definition) is 5. The molecule has 3 rings (SSSR count). The van der Waals surface area contributed by atoms with E-state index in [0.29, 0.717) is 11.1 Å². The summed E-state index contributed by atoms with van der Waals surface area (Å²) in [6.45, 7) is 2.26. The van der Waals surface area contributed by atoms with Crippen LogP contribution in [-0.2, 0) is 9.84 Å². The number of aryl methyl sites for hydroxylation is 1. The van der Waals surface area contributed by atoms with Crippen molar-refractivity contribution < 1.29 is 23.1 Å². The number of phenols is 1. The third-order valence-electron chi connectivity index (χ3n) is 5.02. The van der Waals surface area contributed by atoms with Crippen LogP contribution in [0, 0.1) is 6.92 Å². The molecule has 2 heterocycles. The molecule has 1 aromatic rings. The summed E-state index contributed by atoms with van der Waals surface area (Å²) in [5, 5.41) is 9.87. The molecule has 2 fully saturated rings. The summed E-state index contributed by atoms with van der Waals surface area (Å²) in [4.78, 5) is 29.8. The molecule has 0 bridgehead atoms. The summed E-state index contributed by atoms with van der Waals surface area (Å²) in [5.74, 6) is -0.601. The summed E-state index contributed by atoms with van der Waals surface area (Å²) in [5.41, 5.74) is 0.966. The number of fused-ring (bicyclic) bond motifs is 1. The predicted octanol–water partition coefficient (Wildman–Crippen LogP) is 0.306. The topological polar surface area (TPSA) is 98.2 Å². The van der Waals surface area contributed by atoms with E-state index >= 15 is 0 Å². The van der Waals surface area contributed by atoms with E-state index < -0.39 is 21.9 Å². The first kappa shape index (κ1) is 18.5. The van der Waals surface area contributed by atoms with Gasteiger partial charge in [0.05, 0.1) is 23.6 Å². The van der Waals surface area contributed by atoms with Crippen molar-refractivity contribution >= 4 is 21.8 Å². The summed E-state index contributed by atoms with van der Waals surface area (Å²) in [7, 11) is -0.103. The molecule has 2 aliphatic heterocycles. The lowest BCUT2D eigenvalue weighted by Crippen LogP contribution is -2.63. The number of piperazine rings is 1. The van der Waals surface area contributed by atoms with Gasteiger partial charge in [0.25, 0.3) is 5.91 Å². The first-order valence-corrected chi connectivity index (χ1v) is 10.2. The Bertz CT molecular complexity index is 852. The number of sulfone groups is 1. The van der Waals surface area contributed by atoms with Crippen molar-refractivity contribution in [1.82, 2.24) is 14.7 Å². The molecule has 142 valence electrons. The van der Waals surface area contributed by atoms with Gasteiger partial charge in [-0.25, -0.2) is 13.2 Å². The van der Waals surface area contributed by atoms with Crippen LogP contribution >= 0.6 is 0 Å². The van der Waals surface area contributed by atoms with Crippen LogP contribution in [0.2, 0.25) is 0 Å². The maximum atomic E-state index is 12.9. The largest absolute Gasteiger partial charge is 0.508 e. The van der Waals surface area contributed by atoms with Gasteiger partial charge in [0.1, 0.15) is 5.75 Å². The molecule has 0 spiro atoms. The Kier molecular flexibility index (Phi) is 4.60. The number of benzene rings is 1. The van der Waals surface area contributed by atoms with Gasteiger partial charge in [0.2, 0.25) is 0 Å². The number of urea groups is 1. The molecule has 3 amide bonds. The van der Waals surface area contributed by atoms with Gasteiger partial charge in [0, 0.05) is 32.7 Å². The molecule has 2 saturated heterocycles. The molecule has 8 nitrogen and oxygen atoms in total. The molecule has 0 aliphatic carbocycles. The van der Waals surface area contributed by atoms with Gasteiger partial charge < -0.3 is 19.8 Å². The second-order valence-corrected chi connectivity index (χ2v) is 9.24. The fourth-order valence-corrected chi connectivity index (χ4v) is 5.59. The van der Waals surface area contributed by atoms with Gasteiger partial charge in [-0.3, -0.25) is 4.79 Å². The highest BCUT2D eigenvalue weighted by molar-refractivity contribution is 7.91. The molecular weight excluding hydrogens is 358 g/mol. The molecule has 0 unspecified atom stereocenters. The Morgan fingerprint density at radius 2 is 1.69 bits per heavy atom. The van der Waals surface area contributed by atoms with Gasteiger partial charge in [-0.1, -0.05) is 6.07 Å². The number of amides is 3. The monoisotopic (exact) mass is 381 g/mol. The Morgan fingerprint density at radius 3 is 2.27 bits per heavy atom. The lowest BCUT2D eigenvalue weighted by molar-refractivity contribution is 0.0393. The van der Waals surface area contributed by atoms with Crippen LogP contribution in [0.25, 0.3) is 0 Å². The van der Waals surface area contributed by atoms with Crippen LogP contribution in [0.15, 0.2) is 18.2 Å². The van der Waals surface area contributed by atoms with E-state index in [1.165, 1.54) is 15.9 Å². The number of hydrogen-bond donors (Lipinski definition) is 1.